The molecule has 1 unspecified atom stereocenters. The van der Waals surface area contributed by atoms with Crippen LogP contribution in [0.2, 0.25) is 0 Å². The molecule has 0 fully saturated rings. The van der Waals surface area contributed by atoms with Crippen LogP contribution in [0.1, 0.15) is 25.0 Å². The largest absolute Gasteiger partial charge is 0.460 e. The van der Waals surface area contributed by atoms with Crippen molar-refractivity contribution in [1.29, 1.82) is 0 Å². The summed E-state index contributed by atoms with van der Waals surface area (Å²) in [6.07, 6.45) is -12.4. The second kappa shape index (κ2) is 8.83. The predicted octanol–water partition coefficient (Wildman–Crippen LogP) is 6.43. The third kappa shape index (κ3) is 4.99. The fourth-order valence-electron chi connectivity index (χ4n) is 2.44. The van der Waals surface area contributed by atoms with E-state index in [1.807, 2.05) is 0 Å². The Balaban J connectivity index is 3.40. The highest BCUT2D eigenvalue weighted by atomic mass is 19.4. The van der Waals surface area contributed by atoms with E-state index >= 15 is 0 Å². The number of methoxy groups -OCH3 is 1. The molecule has 1 aromatic rings. The molecule has 0 aromatic heterocycles. The first-order valence-electron chi connectivity index (χ1n) is 8.33. The number of ether oxygens (including phenoxy) is 2. The normalized spacial score (nSPS) is 15.4. The Kier molecular flexibility index (Phi) is 7.70. The standard InChI is InChI=1S/C17H13F13O3/c1-8(31)33-10-5-3-4-9(6-10)11(32-2)7-12(18,19)13(20,21)14(22,23)15(24,25)16(26,27)17(28,29)30/h3-6,11H,7H2,1-2H3. The smallest absolute Gasteiger partial charge is 0.427 e. The van der Waals surface area contributed by atoms with Gasteiger partial charge >= 0.3 is 41.8 Å². The highest BCUT2D eigenvalue weighted by Crippen LogP contribution is 2.61. The summed E-state index contributed by atoms with van der Waals surface area (Å²) in [6, 6.07) is 3.69. The molecule has 0 aliphatic carbocycles. The fourth-order valence-corrected chi connectivity index (χ4v) is 2.44. The Morgan fingerprint density at radius 3 is 1.73 bits per heavy atom. The van der Waals surface area contributed by atoms with E-state index in [0.29, 0.717) is 7.11 Å². The average molecular weight is 512 g/mol. The van der Waals surface area contributed by atoms with Crippen LogP contribution in [0.15, 0.2) is 24.3 Å². The number of benzene rings is 1. The summed E-state index contributed by atoms with van der Waals surface area (Å²) in [5.74, 6) is -38.6. The van der Waals surface area contributed by atoms with Crippen LogP contribution in [0, 0.1) is 0 Å². The maximum atomic E-state index is 14.1. The Bertz CT molecular complexity index is 849. The first kappa shape index (κ1) is 28.8. The van der Waals surface area contributed by atoms with E-state index in [4.69, 9.17) is 0 Å². The van der Waals surface area contributed by atoms with Crippen molar-refractivity contribution in [2.45, 2.75) is 55.2 Å². The molecule has 3 nitrogen and oxygen atoms in total. The Labute approximate surface area is 176 Å². The van der Waals surface area contributed by atoms with Crippen molar-refractivity contribution in [3.8, 4) is 5.75 Å². The maximum absolute atomic E-state index is 14.1. The molecule has 16 heteroatoms. The van der Waals surface area contributed by atoms with E-state index in [2.05, 4.69) is 9.47 Å². The van der Waals surface area contributed by atoms with Crippen LogP contribution in [0.3, 0.4) is 0 Å². The molecule has 33 heavy (non-hydrogen) atoms. The molecule has 0 saturated carbocycles. The maximum Gasteiger partial charge on any atom is 0.460 e. The van der Waals surface area contributed by atoms with E-state index < -0.39 is 59.8 Å². The van der Waals surface area contributed by atoms with Crippen molar-refractivity contribution in [3.05, 3.63) is 29.8 Å². The molecule has 190 valence electrons. The van der Waals surface area contributed by atoms with Gasteiger partial charge in [-0.1, -0.05) is 12.1 Å². The van der Waals surface area contributed by atoms with Gasteiger partial charge < -0.3 is 9.47 Å². The van der Waals surface area contributed by atoms with E-state index in [-0.39, 0.29) is 5.75 Å². The van der Waals surface area contributed by atoms with Crippen molar-refractivity contribution in [2.24, 2.45) is 0 Å². The number of rotatable bonds is 9. The Hall–Kier alpha value is -2.26. The van der Waals surface area contributed by atoms with Gasteiger partial charge in [0.05, 0.1) is 6.10 Å². The molecule has 0 aliphatic rings. The van der Waals surface area contributed by atoms with Crippen molar-refractivity contribution < 1.29 is 71.3 Å². The zero-order valence-corrected chi connectivity index (χ0v) is 16.2. The van der Waals surface area contributed by atoms with Gasteiger partial charge in [-0.05, 0) is 17.7 Å². The van der Waals surface area contributed by atoms with Crippen LogP contribution in [0.4, 0.5) is 57.1 Å². The molecule has 0 N–H and O–H groups in total. The third-order valence-corrected chi connectivity index (χ3v) is 4.22. The molecule has 0 bridgehead atoms. The summed E-state index contributed by atoms with van der Waals surface area (Å²) in [6.45, 7) is 0.911. The van der Waals surface area contributed by atoms with E-state index in [1.54, 1.807) is 0 Å². The van der Waals surface area contributed by atoms with Gasteiger partial charge in [0.1, 0.15) is 5.75 Å². The van der Waals surface area contributed by atoms with Gasteiger partial charge in [0.25, 0.3) is 0 Å². The minimum Gasteiger partial charge on any atom is -0.427 e. The first-order valence-corrected chi connectivity index (χ1v) is 8.33. The molecule has 1 atom stereocenters. The van der Waals surface area contributed by atoms with Gasteiger partial charge in [-0.3, -0.25) is 4.79 Å². The van der Waals surface area contributed by atoms with Gasteiger partial charge in [0, 0.05) is 20.5 Å². The molecular formula is C17H13F13O3. The highest BCUT2D eigenvalue weighted by Gasteiger charge is 2.90. The van der Waals surface area contributed by atoms with Gasteiger partial charge in [-0.25, -0.2) is 0 Å². The van der Waals surface area contributed by atoms with Crippen molar-refractivity contribution >= 4 is 5.97 Å². The summed E-state index contributed by atoms with van der Waals surface area (Å²) in [5, 5.41) is 0. The highest BCUT2D eigenvalue weighted by molar-refractivity contribution is 5.69. The topological polar surface area (TPSA) is 35.5 Å². The first-order chi connectivity index (χ1) is 14.6. The van der Waals surface area contributed by atoms with Gasteiger partial charge in [0.2, 0.25) is 0 Å². The lowest BCUT2D eigenvalue weighted by Crippen LogP contribution is -2.70. The number of carbonyl (C=O) groups is 1. The van der Waals surface area contributed by atoms with Crippen LogP contribution in [0.25, 0.3) is 0 Å². The van der Waals surface area contributed by atoms with E-state index in [0.717, 1.165) is 31.2 Å². The number of hydrogen-bond acceptors (Lipinski definition) is 3. The predicted molar refractivity (Wildman–Crippen MR) is 82.9 cm³/mol. The van der Waals surface area contributed by atoms with Crippen LogP contribution >= 0.6 is 0 Å². The number of halogens is 13. The van der Waals surface area contributed by atoms with Gasteiger partial charge in [-0.15, -0.1) is 0 Å². The van der Waals surface area contributed by atoms with E-state index in [9.17, 15) is 61.9 Å². The summed E-state index contributed by atoms with van der Waals surface area (Å²) >= 11 is 0. The molecule has 0 radical (unpaired) electrons. The lowest BCUT2D eigenvalue weighted by Gasteiger charge is -2.40. The second-order valence-electron chi connectivity index (χ2n) is 6.59. The number of alkyl halides is 13. The van der Waals surface area contributed by atoms with Crippen molar-refractivity contribution in [1.82, 2.24) is 0 Å². The molecule has 0 heterocycles. The van der Waals surface area contributed by atoms with Crippen LogP contribution in [0.5, 0.6) is 5.75 Å². The van der Waals surface area contributed by atoms with Gasteiger partial charge in [-0.2, -0.15) is 57.1 Å². The van der Waals surface area contributed by atoms with Crippen molar-refractivity contribution in [2.75, 3.05) is 7.11 Å². The third-order valence-electron chi connectivity index (χ3n) is 4.22. The Morgan fingerprint density at radius 2 is 1.30 bits per heavy atom. The van der Waals surface area contributed by atoms with Gasteiger partial charge in [0.15, 0.2) is 0 Å². The molecular weight excluding hydrogens is 499 g/mol. The quantitative estimate of drug-likeness (QED) is 0.218. The zero-order valence-electron chi connectivity index (χ0n) is 16.2. The minimum atomic E-state index is -7.97. The molecule has 1 aromatic carbocycles. The second-order valence-corrected chi connectivity index (χ2v) is 6.59. The number of hydrogen-bond donors (Lipinski definition) is 0. The lowest BCUT2D eigenvalue weighted by atomic mass is 9.90. The summed E-state index contributed by atoms with van der Waals surface area (Å²) in [5.41, 5.74) is -0.539. The minimum absolute atomic E-state index is 0.362. The van der Waals surface area contributed by atoms with Crippen LogP contribution in [-0.2, 0) is 9.53 Å². The molecule has 0 spiro atoms. The summed E-state index contributed by atoms with van der Waals surface area (Å²) < 4.78 is 181. The van der Waals surface area contributed by atoms with Crippen LogP contribution < -0.4 is 4.74 Å². The monoisotopic (exact) mass is 512 g/mol. The lowest BCUT2D eigenvalue weighted by molar-refractivity contribution is -0.440. The SMILES string of the molecule is COC(CC(F)(F)C(F)(F)C(F)(F)C(F)(F)C(F)(F)C(F)(F)F)c1cccc(OC(C)=O)c1. The summed E-state index contributed by atoms with van der Waals surface area (Å²) in [7, 11) is 0.585. The molecule has 1 rings (SSSR count). The average Bonchev–Trinajstić information content (AvgIpc) is 2.64. The summed E-state index contributed by atoms with van der Waals surface area (Å²) in [4.78, 5) is 10.9. The molecule has 0 amide bonds. The fraction of sp³-hybridized carbons (Fsp3) is 0.588. The number of esters is 1. The van der Waals surface area contributed by atoms with E-state index in [1.165, 1.54) is 0 Å². The Morgan fingerprint density at radius 1 is 0.818 bits per heavy atom. The van der Waals surface area contributed by atoms with Crippen molar-refractivity contribution in [3.63, 3.8) is 0 Å². The molecule has 0 saturated heterocycles. The molecule has 0 aliphatic heterocycles. The van der Waals surface area contributed by atoms with Crippen LogP contribution in [-0.4, -0.2) is 48.9 Å². The number of carbonyl (C=O) groups excluding carboxylic acids is 1. The zero-order chi connectivity index (χ0) is 26.3.